The molecule has 2 aliphatic carbocycles. The molecule has 4 atom stereocenters. The number of alkyl halides is 4. The Morgan fingerprint density at radius 2 is 1.38 bits per heavy atom. The Kier molecular flexibility index (Phi) is 3.91. The second kappa shape index (κ2) is 5.44. The van der Waals surface area contributed by atoms with Crippen molar-refractivity contribution in [3.8, 4) is 6.07 Å². The third kappa shape index (κ3) is 1.72. The first kappa shape index (κ1) is 18.7. The van der Waals surface area contributed by atoms with Gasteiger partial charge in [0.05, 0.1) is 33.2 Å². The molecule has 1 aliphatic heterocycles. The quantitative estimate of drug-likeness (QED) is 0.448. The van der Waals surface area contributed by atoms with Crippen LogP contribution in [0.2, 0.25) is 0 Å². The Balaban J connectivity index is 1.94. The largest absolute Gasteiger partial charge is 0.274 e. The predicted molar refractivity (Wildman–Crippen MR) is 101 cm³/mol. The predicted octanol–water partition coefficient (Wildman–Crippen LogP) is 4.51. The monoisotopic (exact) mass is 468 g/mol. The normalized spacial score (nSPS) is 37.3. The fourth-order valence-corrected chi connectivity index (χ4v) is 6.92. The van der Waals surface area contributed by atoms with Gasteiger partial charge >= 0.3 is 0 Å². The van der Waals surface area contributed by atoms with Crippen LogP contribution >= 0.6 is 69.6 Å². The summed E-state index contributed by atoms with van der Waals surface area (Å²) >= 11 is 38.5. The van der Waals surface area contributed by atoms with E-state index in [1.54, 1.807) is 12.1 Å². The molecule has 4 rings (SSSR count). The van der Waals surface area contributed by atoms with Gasteiger partial charge in [0.15, 0.2) is 4.33 Å². The van der Waals surface area contributed by atoms with Crippen LogP contribution in [0.25, 0.3) is 0 Å². The summed E-state index contributed by atoms with van der Waals surface area (Å²) in [6.45, 7) is 0. The maximum Gasteiger partial charge on any atom is 0.240 e. The molecule has 1 aromatic carbocycles. The Bertz CT molecular complexity index is 924. The minimum Gasteiger partial charge on any atom is -0.274 e. The lowest BCUT2D eigenvalue weighted by Gasteiger charge is -2.34. The van der Waals surface area contributed by atoms with Crippen LogP contribution in [0.15, 0.2) is 34.3 Å². The number of halogens is 6. The molecular weight excluding hydrogens is 465 g/mol. The Morgan fingerprint density at radius 1 is 0.923 bits per heavy atom. The van der Waals surface area contributed by atoms with Gasteiger partial charge in [0, 0.05) is 0 Å². The van der Waals surface area contributed by atoms with Crippen molar-refractivity contribution in [2.45, 2.75) is 14.1 Å². The fraction of sp³-hybridized carbons (Fsp3) is 0.312. The van der Waals surface area contributed by atoms with E-state index in [1.807, 2.05) is 6.07 Å². The lowest BCUT2D eigenvalue weighted by molar-refractivity contribution is -0.123. The van der Waals surface area contributed by atoms with E-state index in [9.17, 15) is 14.9 Å². The minimum atomic E-state index is -1.97. The number of hydrogen-bond donors (Lipinski definition) is 0. The topological polar surface area (TPSA) is 61.2 Å². The number of amides is 2. The van der Waals surface area contributed by atoms with E-state index in [0.717, 1.165) is 4.90 Å². The Hall–Kier alpha value is -0.670. The van der Waals surface area contributed by atoms with Crippen molar-refractivity contribution in [3.05, 3.63) is 39.9 Å². The van der Waals surface area contributed by atoms with Crippen molar-refractivity contribution in [2.24, 2.45) is 11.8 Å². The maximum atomic E-state index is 13.2. The van der Waals surface area contributed by atoms with E-state index < -0.39 is 37.7 Å². The molecular formula is C16H6Cl6N2O2. The molecule has 2 amide bonds. The zero-order valence-electron chi connectivity index (χ0n) is 12.4. The highest BCUT2D eigenvalue weighted by Gasteiger charge is 2.87. The first-order valence-electron chi connectivity index (χ1n) is 7.25. The molecule has 134 valence electrons. The molecule has 1 saturated heterocycles. The van der Waals surface area contributed by atoms with Crippen LogP contribution in [0.5, 0.6) is 0 Å². The van der Waals surface area contributed by atoms with Gasteiger partial charge in [-0.25, -0.2) is 4.90 Å². The highest BCUT2D eigenvalue weighted by Crippen LogP contribution is 2.77. The highest BCUT2D eigenvalue weighted by atomic mass is 35.5. The van der Waals surface area contributed by atoms with E-state index in [0.29, 0.717) is 0 Å². The van der Waals surface area contributed by atoms with E-state index in [4.69, 9.17) is 69.6 Å². The van der Waals surface area contributed by atoms with Crippen LogP contribution in [0, 0.1) is 23.2 Å². The molecule has 0 N–H and O–H groups in total. The number of rotatable bonds is 1. The molecule has 0 radical (unpaired) electrons. The molecule has 3 aliphatic rings. The fourth-order valence-electron chi connectivity index (χ4n) is 4.00. The number of para-hydroxylation sites is 1. The van der Waals surface area contributed by atoms with Crippen LogP contribution in [0.4, 0.5) is 5.69 Å². The average Bonchev–Trinajstić information content (AvgIpc) is 2.99. The summed E-state index contributed by atoms with van der Waals surface area (Å²) in [4.78, 5) is 23.5. The smallest absolute Gasteiger partial charge is 0.240 e. The van der Waals surface area contributed by atoms with E-state index in [1.165, 1.54) is 12.1 Å². The minimum absolute atomic E-state index is 0.126. The number of fused-ring (bicyclic) bond motifs is 5. The van der Waals surface area contributed by atoms with Crippen LogP contribution < -0.4 is 4.90 Å². The van der Waals surface area contributed by atoms with Gasteiger partial charge in [-0.2, -0.15) is 5.26 Å². The van der Waals surface area contributed by atoms with Crippen LogP contribution in [0.1, 0.15) is 5.56 Å². The third-order valence-corrected chi connectivity index (χ3v) is 9.43. The number of imide groups is 1. The summed E-state index contributed by atoms with van der Waals surface area (Å²) < 4.78 is -1.97. The second-order valence-corrected chi connectivity index (χ2v) is 9.50. The molecule has 1 heterocycles. The lowest BCUT2D eigenvalue weighted by atomic mass is 9.84. The zero-order valence-corrected chi connectivity index (χ0v) is 17.0. The molecule has 10 heteroatoms. The second-order valence-electron chi connectivity index (χ2n) is 6.22. The summed E-state index contributed by atoms with van der Waals surface area (Å²) in [5.74, 6) is -3.81. The number of carbonyl (C=O) groups is 2. The number of nitrogens with zero attached hydrogens (tertiary/aromatic N) is 2. The molecule has 1 saturated carbocycles. The summed E-state index contributed by atoms with van der Waals surface area (Å²) in [6, 6.07) is 8.11. The van der Waals surface area contributed by atoms with Crippen molar-refractivity contribution in [1.29, 1.82) is 5.26 Å². The molecule has 2 fully saturated rings. The molecule has 0 unspecified atom stereocenters. The maximum absolute atomic E-state index is 13.2. The average molecular weight is 471 g/mol. The SMILES string of the molecule is N#Cc1ccccc1N1C(=O)[C@H]2[C@H](C1=O)[C@]1(Cl)C(Cl)=C(Cl)[C@]2(Cl)C1(Cl)Cl. The van der Waals surface area contributed by atoms with Crippen LogP contribution in [-0.2, 0) is 9.59 Å². The van der Waals surface area contributed by atoms with Crippen molar-refractivity contribution < 1.29 is 9.59 Å². The summed E-state index contributed by atoms with van der Waals surface area (Å²) in [7, 11) is 0. The number of benzene rings is 1. The molecule has 4 nitrogen and oxygen atoms in total. The number of nitriles is 1. The van der Waals surface area contributed by atoms with Crippen LogP contribution in [-0.4, -0.2) is 25.9 Å². The summed E-state index contributed by atoms with van der Waals surface area (Å²) in [5, 5.41) is 8.99. The van der Waals surface area contributed by atoms with Gasteiger partial charge in [0.1, 0.15) is 15.8 Å². The van der Waals surface area contributed by atoms with Gasteiger partial charge in [0.2, 0.25) is 11.8 Å². The van der Waals surface area contributed by atoms with Gasteiger partial charge in [0.25, 0.3) is 0 Å². The number of allylic oxidation sites excluding steroid dienone is 2. The van der Waals surface area contributed by atoms with Gasteiger partial charge < -0.3 is 0 Å². The summed E-state index contributed by atoms with van der Waals surface area (Å²) in [5.41, 5.74) is 0.267. The van der Waals surface area contributed by atoms with Gasteiger partial charge in [-0.05, 0) is 12.1 Å². The van der Waals surface area contributed by atoms with Crippen molar-refractivity contribution in [2.75, 3.05) is 4.90 Å². The van der Waals surface area contributed by atoms with Crippen molar-refractivity contribution in [1.82, 2.24) is 0 Å². The Morgan fingerprint density at radius 3 is 1.85 bits per heavy atom. The number of anilines is 1. The van der Waals surface area contributed by atoms with Gasteiger partial charge in [-0.3, -0.25) is 9.59 Å². The van der Waals surface area contributed by atoms with Crippen LogP contribution in [0.3, 0.4) is 0 Å². The lowest BCUT2D eigenvalue weighted by Crippen LogP contribution is -2.50. The molecule has 26 heavy (non-hydrogen) atoms. The third-order valence-electron chi connectivity index (χ3n) is 5.17. The molecule has 2 bridgehead atoms. The molecule has 0 spiro atoms. The summed E-state index contributed by atoms with van der Waals surface area (Å²) in [6.07, 6.45) is 0. The standard InChI is InChI=1S/C16H6Cl6N2O2/c17-10-11(18)15(20)9-8(14(10,19)16(15,21)22)12(25)24(13(9)26)7-4-2-1-3-6(7)5-23/h1-4,8-9H/t8-,9-,14+,15+/m1/s1. The highest BCUT2D eigenvalue weighted by molar-refractivity contribution is 6.67. The van der Waals surface area contributed by atoms with Gasteiger partial charge in [-0.1, -0.05) is 58.5 Å². The molecule has 1 aromatic rings. The first-order chi connectivity index (χ1) is 12.1. The van der Waals surface area contributed by atoms with E-state index in [-0.39, 0.29) is 21.3 Å². The van der Waals surface area contributed by atoms with Gasteiger partial charge in [-0.15, -0.1) is 23.2 Å². The number of hydrogen-bond acceptors (Lipinski definition) is 3. The first-order valence-corrected chi connectivity index (χ1v) is 9.52. The van der Waals surface area contributed by atoms with Crippen molar-refractivity contribution in [3.63, 3.8) is 0 Å². The van der Waals surface area contributed by atoms with Crippen molar-refractivity contribution >= 4 is 87.1 Å². The van der Waals surface area contributed by atoms with E-state index in [2.05, 4.69) is 0 Å². The molecule has 0 aromatic heterocycles. The zero-order chi connectivity index (χ0) is 19.2. The Labute approximate surface area is 178 Å². The number of carbonyl (C=O) groups excluding carboxylic acids is 2. The van der Waals surface area contributed by atoms with E-state index >= 15 is 0 Å².